The first-order chi connectivity index (χ1) is 15.1. The number of carbonyl (C=O) groups excluding carboxylic acids is 2. The van der Waals surface area contributed by atoms with Gasteiger partial charge < -0.3 is 23.9 Å². The number of H-pyrrole nitrogens is 1. The van der Waals surface area contributed by atoms with Crippen LogP contribution in [-0.2, 0) is 30.0 Å². The third-order valence-electron chi connectivity index (χ3n) is 4.72. The van der Waals surface area contributed by atoms with Crippen molar-refractivity contribution in [1.82, 2.24) is 20.1 Å². The number of likely N-dealkylation sites (N-methyl/N-ethyl adjacent to an activating group) is 1. The lowest BCUT2D eigenvalue weighted by Gasteiger charge is -2.26. The van der Waals surface area contributed by atoms with Crippen LogP contribution in [0, 0.1) is 0 Å². The fraction of sp³-hybridized carbons (Fsp3) is 0.429. The molecule has 0 saturated heterocycles. The Bertz CT molecular complexity index is 1010. The highest BCUT2D eigenvalue weighted by Crippen LogP contribution is 2.43. The average molecular weight is 466 g/mol. The number of methoxy groups -OCH3 is 2. The molecule has 0 aliphatic heterocycles. The van der Waals surface area contributed by atoms with Crippen molar-refractivity contribution < 1.29 is 28.2 Å². The van der Waals surface area contributed by atoms with Crippen LogP contribution in [0.4, 0.5) is 0 Å². The monoisotopic (exact) mass is 466 g/mol. The van der Waals surface area contributed by atoms with Gasteiger partial charge in [-0.2, -0.15) is 0 Å². The lowest BCUT2D eigenvalue weighted by Crippen LogP contribution is -2.43. The van der Waals surface area contributed by atoms with Crippen molar-refractivity contribution in [3.05, 3.63) is 42.6 Å². The molecule has 0 spiro atoms. The van der Waals surface area contributed by atoms with Gasteiger partial charge in [0.2, 0.25) is 0 Å². The predicted octanol–water partition coefficient (Wildman–Crippen LogP) is 2.23. The number of nitrogens with zero attached hydrogens (tertiary/aromatic N) is 1. The number of hydrogen-bond acceptors (Lipinski definition) is 7. The van der Waals surface area contributed by atoms with E-state index < -0.39 is 31.7 Å². The zero-order valence-corrected chi connectivity index (χ0v) is 19.9. The molecule has 11 heteroatoms. The van der Waals surface area contributed by atoms with E-state index in [0.717, 1.165) is 29.4 Å². The largest absolute Gasteiger partial charge is 0.468 e. The number of carbonyl (C=O) groups is 2. The Morgan fingerprint density at radius 2 is 1.91 bits per heavy atom. The van der Waals surface area contributed by atoms with E-state index in [1.165, 1.54) is 27.2 Å². The molecule has 0 amide bonds. The zero-order valence-electron chi connectivity index (χ0n) is 19.0. The average Bonchev–Trinajstić information content (AvgIpc) is 3.19. The number of aromatic nitrogens is 1. The number of esters is 2. The van der Waals surface area contributed by atoms with Gasteiger partial charge in [0.1, 0.15) is 17.8 Å². The van der Waals surface area contributed by atoms with E-state index in [2.05, 4.69) is 26.6 Å². The molecule has 2 rings (SSSR count). The highest BCUT2D eigenvalue weighted by atomic mass is 31.2. The maximum absolute atomic E-state index is 13.8. The van der Waals surface area contributed by atoms with Crippen molar-refractivity contribution in [2.75, 3.05) is 34.9 Å². The summed E-state index contributed by atoms with van der Waals surface area (Å²) < 4.78 is 29.2. The molecule has 1 aromatic carbocycles. The van der Waals surface area contributed by atoms with Crippen molar-refractivity contribution >= 4 is 30.5 Å². The van der Waals surface area contributed by atoms with E-state index in [0.29, 0.717) is 5.75 Å². The van der Waals surface area contributed by atoms with Crippen LogP contribution in [0.25, 0.3) is 10.9 Å². The molecule has 0 radical (unpaired) electrons. The van der Waals surface area contributed by atoms with Crippen molar-refractivity contribution in [2.24, 2.45) is 0 Å². The second kappa shape index (κ2) is 11.3. The minimum absolute atomic E-state index is 0.325. The van der Waals surface area contributed by atoms with Crippen molar-refractivity contribution in [1.29, 1.82) is 0 Å². The molecule has 10 nitrogen and oxygen atoms in total. The molecule has 0 bridgehead atoms. The number of aromatic amines is 1. The van der Waals surface area contributed by atoms with Crippen LogP contribution in [0.5, 0.6) is 5.75 Å². The van der Waals surface area contributed by atoms with Crippen LogP contribution < -0.4 is 14.7 Å². The highest BCUT2D eigenvalue weighted by Gasteiger charge is 2.35. The van der Waals surface area contributed by atoms with Gasteiger partial charge in [-0.05, 0) is 45.1 Å². The van der Waals surface area contributed by atoms with Gasteiger partial charge in [0.15, 0.2) is 0 Å². The summed E-state index contributed by atoms with van der Waals surface area (Å²) in [6, 6.07) is 3.19. The standard InChI is InChI=1S/C21H31N4O6P/c1-7-16(21(27)30-6)24-32(28,23-14(2)20(26)29-5)31-18-10-8-9-17-19(18)15(13-22-17)11-12-25(3)4/h7-10,13-14,16,22H,1,11-12H2,2-6H3,(H2,23,24,28)/t14-,16+,32?/m0/s1. The second-order valence-electron chi connectivity index (χ2n) is 7.43. The number of benzene rings is 1. The Hall–Kier alpha value is -2.65. The minimum Gasteiger partial charge on any atom is -0.468 e. The minimum atomic E-state index is -4.04. The zero-order chi connectivity index (χ0) is 23.9. The normalized spacial score (nSPS) is 15.1. The summed E-state index contributed by atoms with van der Waals surface area (Å²) in [4.78, 5) is 29.3. The quantitative estimate of drug-likeness (QED) is 0.246. The Balaban J connectivity index is 2.46. The summed E-state index contributed by atoms with van der Waals surface area (Å²) in [5.74, 6) is -1.02. The molecule has 1 heterocycles. The Morgan fingerprint density at radius 3 is 2.50 bits per heavy atom. The molecule has 32 heavy (non-hydrogen) atoms. The lowest BCUT2D eigenvalue weighted by atomic mass is 10.1. The number of hydrogen-bond donors (Lipinski definition) is 3. The molecule has 0 aliphatic rings. The van der Waals surface area contributed by atoms with Crippen molar-refractivity contribution in [3.63, 3.8) is 0 Å². The molecule has 1 unspecified atom stereocenters. The van der Waals surface area contributed by atoms with E-state index >= 15 is 0 Å². The summed E-state index contributed by atoms with van der Waals surface area (Å²) >= 11 is 0. The van der Waals surface area contributed by atoms with Gasteiger partial charge >= 0.3 is 19.6 Å². The van der Waals surface area contributed by atoms with Gasteiger partial charge in [-0.1, -0.05) is 12.1 Å². The summed E-state index contributed by atoms with van der Waals surface area (Å²) in [6.45, 7) is 5.86. The van der Waals surface area contributed by atoms with Crippen molar-refractivity contribution in [2.45, 2.75) is 25.4 Å². The molecule has 2 aromatic rings. The van der Waals surface area contributed by atoms with E-state index in [-0.39, 0.29) is 0 Å². The molecule has 1 aromatic heterocycles. The molecule has 3 N–H and O–H groups in total. The fourth-order valence-electron chi connectivity index (χ4n) is 3.06. The second-order valence-corrected chi connectivity index (χ2v) is 9.23. The topological polar surface area (TPSA) is 122 Å². The van der Waals surface area contributed by atoms with Gasteiger partial charge in [0.25, 0.3) is 0 Å². The van der Waals surface area contributed by atoms with Crippen LogP contribution in [0.15, 0.2) is 37.1 Å². The Morgan fingerprint density at radius 1 is 1.22 bits per heavy atom. The third kappa shape index (κ3) is 6.43. The maximum atomic E-state index is 13.8. The van der Waals surface area contributed by atoms with E-state index in [4.69, 9.17) is 14.0 Å². The molecule has 0 aliphatic carbocycles. The van der Waals surface area contributed by atoms with E-state index in [1.54, 1.807) is 12.1 Å². The number of rotatable bonds is 12. The summed E-state index contributed by atoms with van der Waals surface area (Å²) in [5, 5.41) is 6.02. The molecular weight excluding hydrogens is 435 g/mol. The smallest absolute Gasteiger partial charge is 0.392 e. The first-order valence-electron chi connectivity index (χ1n) is 10.0. The van der Waals surface area contributed by atoms with E-state index in [1.807, 2.05) is 26.4 Å². The molecular formula is C21H31N4O6P. The predicted molar refractivity (Wildman–Crippen MR) is 123 cm³/mol. The molecule has 176 valence electrons. The fourth-order valence-corrected chi connectivity index (χ4v) is 4.86. The third-order valence-corrected chi connectivity index (χ3v) is 6.52. The van der Waals surface area contributed by atoms with Crippen LogP contribution in [-0.4, -0.2) is 68.8 Å². The van der Waals surface area contributed by atoms with Crippen LogP contribution in [0.2, 0.25) is 0 Å². The first-order valence-corrected chi connectivity index (χ1v) is 11.6. The SMILES string of the molecule is C=C[C@@H](NP(=O)(N[C@@H](C)C(=O)OC)Oc1cccc2[nH]cc(CCN(C)C)c12)C(=O)OC. The number of nitrogens with one attached hydrogen (secondary N) is 3. The number of fused-ring (bicyclic) bond motifs is 1. The lowest BCUT2D eigenvalue weighted by molar-refractivity contribution is -0.142. The van der Waals surface area contributed by atoms with Gasteiger partial charge in [0.05, 0.1) is 14.2 Å². The van der Waals surface area contributed by atoms with Gasteiger partial charge in [-0.25, -0.2) is 14.7 Å². The Kier molecular flexibility index (Phi) is 9.03. The van der Waals surface area contributed by atoms with Gasteiger partial charge in [-0.3, -0.25) is 9.59 Å². The van der Waals surface area contributed by atoms with Gasteiger partial charge in [0, 0.05) is 23.6 Å². The van der Waals surface area contributed by atoms with Crippen molar-refractivity contribution in [3.8, 4) is 5.75 Å². The van der Waals surface area contributed by atoms with Crippen LogP contribution in [0.3, 0.4) is 0 Å². The van der Waals surface area contributed by atoms with Crippen LogP contribution >= 0.6 is 7.67 Å². The van der Waals surface area contributed by atoms with Gasteiger partial charge in [-0.15, -0.1) is 6.58 Å². The summed E-state index contributed by atoms with van der Waals surface area (Å²) in [7, 11) is 2.34. The maximum Gasteiger partial charge on any atom is 0.392 e. The number of ether oxygens (including phenoxy) is 2. The summed E-state index contributed by atoms with van der Waals surface area (Å²) in [5.41, 5.74) is 1.78. The molecule has 3 atom stereocenters. The van der Waals surface area contributed by atoms with Crippen LogP contribution in [0.1, 0.15) is 12.5 Å². The molecule has 0 fully saturated rings. The van der Waals surface area contributed by atoms with E-state index in [9.17, 15) is 14.2 Å². The Labute approximate surface area is 187 Å². The highest BCUT2D eigenvalue weighted by molar-refractivity contribution is 7.55. The summed E-state index contributed by atoms with van der Waals surface area (Å²) in [6.07, 6.45) is 3.85. The first kappa shape index (κ1) is 25.6. The molecule has 0 saturated carbocycles.